The van der Waals surface area contributed by atoms with Gasteiger partial charge in [0, 0.05) is 16.3 Å². The van der Waals surface area contributed by atoms with Gasteiger partial charge in [0.2, 0.25) is 11.1 Å². The molecule has 9 heteroatoms. The number of amides is 1. The van der Waals surface area contributed by atoms with E-state index in [1.807, 2.05) is 44.2 Å². The first-order chi connectivity index (χ1) is 13.9. The monoisotopic (exact) mass is 431 g/mol. The van der Waals surface area contributed by atoms with Gasteiger partial charge < -0.3 is 15.9 Å². The Labute approximate surface area is 178 Å². The number of carbonyl (C=O) groups is 1. The van der Waals surface area contributed by atoms with Crippen LogP contribution in [0.3, 0.4) is 0 Å². The number of hydrogen-bond donors (Lipinski definition) is 2. The number of hydrogen-bond acceptors (Lipinski definition) is 6. The molecule has 0 saturated carbocycles. The van der Waals surface area contributed by atoms with Crippen LogP contribution in [0.25, 0.3) is 11.4 Å². The molecule has 29 heavy (non-hydrogen) atoms. The first-order valence-electron chi connectivity index (χ1n) is 9.06. The third-order valence-corrected chi connectivity index (χ3v) is 5.49. The maximum absolute atomic E-state index is 12.6. The van der Waals surface area contributed by atoms with Crippen molar-refractivity contribution in [3.63, 3.8) is 0 Å². The average molecular weight is 432 g/mol. The molecule has 3 N–H and O–H groups in total. The van der Waals surface area contributed by atoms with Gasteiger partial charge in [-0.25, -0.2) is 4.68 Å². The Balaban J connectivity index is 1.70. The van der Waals surface area contributed by atoms with Crippen LogP contribution in [0.5, 0.6) is 5.75 Å². The molecule has 2 aromatic carbocycles. The Morgan fingerprint density at radius 2 is 2.00 bits per heavy atom. The van der Waals surface area contributed by atoms with Crippen LogP contribution in [-0.4, -0.2) is 32.6 Å². The highest BCUT2D eigenvalue weighted by Gasteiger charge is 2.20. The van der Waals surface area contributed by atoms with Crippen LogP contribution < -0.4 is 15.9 Å². The molecule has 3 rings (SSSR count). The second kappa shape index (κ2) is 9.19. The topological polar surface area (TPSA) is 95.1 Å². The van der Waals surface area contributed by atoms with Crippen LogP contribution in [0.2, 0.25) is 5.02 Å². The molecule has 1 heterocycles. The summed E-state index contributed by atoms with van der Waals surface area (Å²) in [6.45, 7) is 6.22. The highest BCUT2D eigenvalue weighted by atomic mass is 35.5. The molecule has 3 aromatic rings. The van der Waals surface area contributed by atoms with Crippen molar-refractivity contribution in [2.75, 3.05) is 17.8 Å². The lowest BCUT2D eigenvalue weighted by atomic mass is 10.2. The molecule has 0 aliphatic carbocycles. The summed E-state index contributed by atoms with van der Waals surface area (Å²) >= 11 is 7.25. The maximum atomic E-state index is 12.6. The molecule has 1 unspecified atom stereocenters. The number of halogens is 1. The van der Waals surface area contributed by atoms with E-state index in [0.717, 1.165) is 16.9 Å². The van der Waals surface area contributed by atoms with Gasteiger partial charge in [0.1, 0.15) is 5.75 Å². The zero-order chi connectivity index (χ0) is 21.0. The molecule has 0 spiro atoms. The van der Waals surface area contributed by atoms with E-state index in [0.29, 0.717) is 28.3 Å². The zero-order valence-electron chi connectivity index (χ0n) is 16.3. The second-order valence-electron chi connectivity index (χ2n) is 6.34. The highest BCUT2D eigenvalue weighted by molar-refractivity contribution is 8.00. The summed E-state index contributed by atoms with van der Waals surface area (Å²) in [4.78, 5) is 12.6. The second-order valence-corrected chi connectivity index (χ2v) is 8.09. The Morgan fingerprint density at radius 1 is 1.28 bits per heavy atom. The minimum atomic E-state index is -0.437. The van der Waals surface area contributed by atoms with Crippen LogP contribution in [0, 0.1) is 6.92 Å². The van der Waals surface area contributed by atoms with Gasteiger partial charge in [-0.1, -0.05) is 29.4 Å². The number of thioether (sulfide) groups is 1. The summed E-state index contributed by atoms with van der Waals surface area (Å²) in [5, 5.41) is 11.8. The van der Waals surface area contributed by atoms with Gasteiger partial charge in [-0.05, 0) is 62.7 Å². The fraction of sp³-hybridized carbons (Fsp3) is 0.250. The molecule has 0 bridgehead atoms. The minimum Gasteiger partial charge on any atom is -0.494 e. The highest BCUT2D eigenvalue weighted by Crippen LogP contribution is 2.27. The summed E-state index contributed by atoms with van der Waals surface area (Å²) in [6.07, 6.45) is 0. The number of anilines is 1. The van der Waals surface area contributed by atoms with Crippen molar-refractivity contribution in [3.8, 4) is 17.1 Å². The molecule has 0 aliphatic heterocycles. The molecule has 0 aliphatic rings. The Kier molecular flexibility index (Phi) is 6.66. The lowest BCUT2D eigenvalue weighted by Crippen LogP contribution is -2.24. The van der Waals surface area contributed by atoms with Crippen molar-refractivity contribution >= 4 is 35.0 Å². The van der Waals surface area contributed by atoms with E-state index in [1.54, 1.807) is 19.1 Å². The summed E-state index contributed by atoms with van der Waals surface area (Å²) in [5.41, 5.74) is 2.42. The van der Waals surface area contributed by atoms with Crippen molar-refractivity contribution < 1.29 is 9.53 Å². The molecule has 0 saturated heterocycles. The molecule has 1 amide bonds. The van der Waals surface area contributed by atoms with Crippen LogP contribution in [0.15, 0.2) is 47.6 Å². The number of carbonyl (C=O) groups excluding carboxylic acids is 1. The Morgan fingerprint density at radius 3 is 2.69 bits per heavy atom. The molecule has 7 nitrogen and oxygen atoms in total. The van der Waals surface area contributed by atoms with Crippen molar-refractivity contribution in [1.29, 1.82) is 0 Å². The van der Waals surface area contributed by atoms with Gasteiger partial charge in [-0.3, -0.25) is 4.79 Å². The maximum Gasteiger partial charge on any atom is 0.237 e. The van der Waals surface area contributed by atoms with E-state index < -0.39 is 5.25 Å². The molecule has 0 fully saturated rings. The van der Waals surface area contributed by atoms with Crippen LogP contribution >= 0.6 is 23.4 Å². The number of nitrogens with zero attached hydrogens (tertiary/aromatic N) is 3. The first-order valence-corrected chi connectivity index (χ1v) is 10.3. The van der Waals surface area contributed by atoms with Gasteiger partial charge >= 0.3 is 0 Å². The van der Waals surface area contributed by atoms with Crippen molar-refractivity contribution in [2.45, 2.75) is 31.2 Å². The molecular formula is C20H22ClN5O2S. The Hall–Kier alpha value is -2.71. The number of nitrogens with two attached hydrogens (primary N) is 1. The fourth-order valence-electron chi connectivity index (χ4n) is 2.60. The predicted molar refractivity (Wildman–Crippen MR) is 117 cm³/mol. The summed E-state index contributed by atoms with van der Waals surface area (Å²) in [6, 6.07) is 12.8. The van der Waals surface area contributed by atoms with E-state index in [9.17, 15) is 4.79 Å². The van der Waals surface area contributed by atoms with E-state index in [4.69, 9.17) is 22.2 Å². The van der Waals surface area contributed by atoms with Crippen LogP contribution in [-0.2, 0) is 4.79 Å². The van der Waals surface area contributed by atoms with Gasteiger partial charge in [-0.2, -0.15) is 0 Å². The molecular weight excluding hydrogens is 410 g/mol. The van der Waals surface area contributed by atoms with E-state index >= 15 is 0 Å². The smallest absolute Gasteiger partial charge is 0.237 e. The van der Waals surface area contributed by atoms with E-state index in [-0.39, 0.29) is 5.91 Å². The van der Waals surface area contributed by atoms with Crippen molar-refractivity contribution in [1.82, 2.24) is 14.9 Å². The molecule has 0 radical (unpaired) electrons. The molecule has 152 valence electrons. The zero-order valence-corrected chi connectivity index (χ0v) is 17.9. The number of nitrogen functional groups attached to an aromatic ring is 1. The quantitative estimate of drug-likeness (QED) is 0.431. The number of aryl methyl sites for hydroxylation is 1. The van der Waals surface area contributed by atoms with E-state index in [1.165, 1.54) is 16.4 Å². The average Bonchev–Trinajstić information content (AvgIpc) is 3.06. The molecule has 1 aromatic heterocycles. The van der Waals surface area contributed by atoms with Gasteiger partial charge in [-0.15, -0.1) is 10.2 Å². The summed E-state index contributed by atoms with van der Waals surface area (Å²) < 4.78 is 6.83. The van der Waals surface area contributed by atoms with E-state index in [2.05, 4.69) is 15.5 Å². The van der Waals surface area contributed by atoms with Gasteiger partial charge in [0.25, 0.3) is 0 Å². The minimum absolute atomic E-state index is 0.175. The van der Waals surface area contributed by atoms with Crippen LogP contribution in [0.4, 0.5) is 5.69 Å². The third-order valence-electron chi connectivity index (χ3n) is 4.20. The standard InChI is InChI=1S/C20H22ClN5O2S/c1-4-28-16-9-6-14(7-10-16)18-24-25-20(26(18)22)29-13(3)19(27)23-17-11-15(21)8-5-12(17)2/h5-11,13H,4,22H2,1-3H3,(H,23,27). The summed E-state index contributed by atoms with van der Waals surface area (Å²) in [7, 11) is 0. The largest absolute Gasteiger partial charge is 0.494 e. The normalized spacial score (nSPS) is 11.9. The lowest BCUT2D eigenvalue weighted by Gasteiger charge is -2.13. The first kappa shape index (κ1) is 21.0. The number of aromatic nitrogens is 3. The lowest BCUT2D eigenvalue weighted by molar-refractivity contribution is -0.115. The van der Waals surface area contributed by atoms with Gasteiger partial charge in [0.15, 0.2) is 5.82 Å². The summed E-state index contributed by atoms with van der Waals surface area (Å²) in [5.74, 6) is 7.27. The van der Waals surface area contributed by atoms with Crippen LogP contribution in [0.1, 0.15) is 19.4 Å². The molecule has 1 atom stereocenters. The van der Waals surface area contributed by atoms with Crippen molar-refractivity contribution in [2.24, 2.45) is 0 Å². The number of ether oxygens (including phenoxy) is 1. The fourth-order valence-corrected chi connectivity index (χ4v) is 3.54. The number of benzene rings is 2. The third kappa shape index (κ3) is 5.02. The Bertz CT molecular complexity index is 1010. The predicted octanol–water partition coefficient (Wildman–Crippen LogP) is 4.14. The van der Waals surface area contributed by atoms with Crippen molar-refractivity contribution in [3.05, 3.63) is 53.1 Å². The number of nitrogens with one attached hydrogen (secondary N) is 1. The van der Waals surface area contributed by atoms with Gasteiger partial charge in [0.05, 0.1) is 11.9 Å². The SMILES string of the molecule is CCOc1ccc(-c2nnc(SC(C)C(=O)Nc3cc(Cl)ccc3C)n2N)cc1. The number of rotatable bonds is 7.